The molecule has 9 heteroatoms. The number of nitriles is 1. The molecule has 0 unspecified atom stereocenters. The quantitative estimate of drug-likeness (QED) is 0.314. The summed E-state index contributed by atoms with van der Waals surface area (Å²) in [7, 11) is 1.73. The predicted molar refractivity (Wildman–Crippen MR) is 158 cm³/mol. The van der Waals surface area contributed by atoms with Crippen molar-refractivity contribution in [2.45, 2.75) is 19.3 Å². The molecule has 0 spiro atoms. The number of anilines is 1. The molecule has 0 saturated carbocycles. The predicted octanol–water partition coefficient (Wildman–Crippen LogP) is 5.39. The summed E-state index contributed by atoms with van der Waals surface area (Å²) in [5.41, 5.74) is 5.16. The fourth-order valence-corrected chi connectivity index (χ4v) is 4.84. The highest BCUT2D eigenvalue weighted by atomic mass is 16.2. The third-order valence-corrected chi connectivity index (χ3v) is 7.29. The average Bonchev–Trinajstić information content (AvgIpc) is 3.27. The van der Waals surface area contributed by atoms with Gasteiger partial charge in [0, 0.05) is 42.2 Å². The van der Waals surface area contributed by atoms with Gasteiger partial charge in [-0.15, -0.1) is 0 Å². The number of aryl methyl sites for hydroxylation is 1. The summed E-state index contributed by atoms with van der Waals surface area (Å²) in [6, 6.07) is 22.6. The van der Waals surface area contributed by atoms with Crippen LogP contribution in [0.1, 0.15) is 29.8 Å². The van der Waals surface area contributed by atoms with E-state index in [0.29, 0.717) is 22.6 Å². The maximum atomic E-state index is 13.5. The maximum absolute atomic E-state index is 13.5. The molecule has 4 heterocycles. The molecule has 0 aliphatic rings. The zero-order valence-corrected chi connectivity index (χ0v) is 22.7. The van der Waals surface area contributed by atoms with Gasteiger partial charge in [0.1, 0.15) is 5.82 Å². The molecule has 0 fully saturated rings. The Labute approximate surface area is 235 Å². The van der Waals surface area contributed by atoms with Crippen molar-refractivity contribution in [1.82, 2.24) is 24.1 Å². The molecule has 0 aliphatic heterocycles. The Morgan fingerprint density at radius 1 is 0.927 bits per heavy atom. The van der Waals surface area contributed by atoms with Crippen LogP contribution in [-0.4, -0.2) is 30.0 Å². The largest absolute Gasteiger partial charge is 0.333 e. The lowest BCUT2D eigenvalue weighted by atomic mass is 9.86. The summed E-state index contributed by atoms with van der Waals surface area (Å²) >= 11 is 0. The summed E-state index contributed by atoms with van der Waals surface area (Å²) in [4.78, 5) is 38.9. The van der Waals surface area contributed by atoms with Gasteiger partial charge in [-0.25, -0.2) is 9.78 Å². The fraction of sp³-hybridized carbons (Fsp3) is 0.125. The minimum Gasteiger partial charge on any atom is -0.307 e. The number of nitrogens with zero attached hydrogens (tertiary/aromatic N) is 6. The minimum atomic E-state index is -0.640. The Balaban J connectivity index is 1.41. The summed E-state index contributed by atoms with van der Waals surface area (Å²) in [5, 5.41) is 13.1. The van der Waals surface area contributed by atoms with Crippen molar-refractivity contribution in [1.29, 1.82) is 5.26 Å². The number of hydrogen-bond acceptors (Lipinski definition) is 6. The minimum absolute atomic E-state index is 0.192. The van der Waals surface area contributed by atoms with Crippen LogP contribution in [0, 0.1) is 11.3 Å². The molecule has 1 N–H and O–H groups in total. The molecule has 6 rings (SSSR count). The smallest absolute Gasteiger partial charge is 0.307 e. The van der Waals surface area contributed by atoms with E-state index in [1.165, 1.54) is 0 Å². The number of fused-ring (bicyclic) bond motifs is 3. The lowest BCUT2D eigenvalue weighted by Gasteiger charge is -2.16. The van der Waals surface area contributed by atoms with E-state index in [2.05, 4.69) is 26.3 Å². The molecule has 6 aromatic rings. The second-order valence-electron chi connectivity index (χ2n) is 10.3. The number of carbonyl (C=O) groups excluding carboxylic acids is 1. The summed E-state index contributed by atoms with van der Waals surface area (Å²) in [5.74, 6) is 0.165. The number of benzene rings is 2. The van der Waals surface area contributed by atoms with Gasteiger partial charge in [0.25, 0.3) is 5.91 Å². The molecular formula is C32H25N7O2. The number of aromatic nitrogens is 5. The van der Waals surface area contributed by atoms with Crippen LogP contribution in [-0.2, 0) is 12.5 Å². The number of imidazole rings is 1. The molecule has 4 aromatic heterocycles. The van der Waals surface area contributed by atoms with Crippen molar-refractivity contribution in [2.75, 3.05) is 5.32 Å². The molecule has 1 amide bonds. The molecule has 200 valence electrons. The third-order valence-electron chi connectivity index (χ3n) is 7.29. The van der Waals surface area contributed by atoms with E-state index in [1.807, 2.05) is 62.4 Å². The van der Waals surface area contributed by atoms with Gasteiger partial charge in [0.15, 0.2) is 0 Å². The van der Waals surface area contributed by atoms with E-state index in [1.54, 1.807) is 59.2 Å². The van der Waals surface area contributed by atoms with Gasteiger partial charge in [-0.05, 0) is 73.5 Å². The third kappa shape index (κ3) is 4.51. The summed E-state index contributed by atoms with van der Waals surface area (Å²) < 4.78 is 3.27. The van der Waals surface area contributed by atoms with Crippen LogP contribution in [0.2, 0.25) is 0 Å². The van der Waals surface area contributed by atoms with Crippen LogP contribution in [0.15, 0.2) is 96.3 Å². The van der Waals surface area contributed by atoms with Crippen LogP contribution in [0.4, 0.5) is 5.82 Å². The van der Waals surface area contributed by atoms with E-state index >= 15 is 0 Å². The van der Waals surface area contributed by atoms with Crippen LogP contribution in [0.3, 0.4) is 0 Å². The van der Waals surface area contributed by atoms with Crippen LogP contribution >= 0.6 is 0 Å². The first kappa shape index (κ1) is 25.6. The molecule has 0 aliphatic carbocycles. The van der Waals surface area contributed by atoms with Crippen molar-refractivity contribution >= 4 is 33.7 Å². The fourth-order valence-electron chi connectivity index (χ4n) is 4.84. The normalized spacial score (nSPS) is 11.5. The Bertz CT molecular complexity index is 2030. The molecule has 0 radical (unpaired) electrons. The number of pyridine rings is 3. The Morgan fingerprint density at radius 3 is 2.34 bits per heavy atom. The van der Waals surface area contributed by atoms with Crippen molar-refractivity contribution in [2.24, 2.45) is 7.05 Å². The summed E-state index contributed by atoms with van der Waals surface area (Å²) in [6.45, 7) is 3.73. The van der Waals surface area contributed by atoms with Crippen LogP contribution in [0.5, 0.6) is 0 Å². The second-order valence-corrected chi connectivity index (χ2v) is 10.3. The average molecular weight is 540 g/mol. The molecular weight excluding hydrogens is 514 g/mol. The molecule has 41 heavy (non-hydrogen) atoms. The van der Waals surface area contributed by atoms with E-state index in [9.17, 15) is 14.9 Å². The Hall–Kier alpha value is -5.62. The van der Waals surface area contributed by atoms with Gasteiger partial charge in [0.2, 0.25) is 0 Å². The van der Waals surface area contributed by atoms with Crippen molar-refractivity contribution in [3.05, 3.63) is 113 Å². The lowest BCUT2D eigenvalue weighted by Crippen LogP contribution is -2.21. The Morgan fingerprint density at radius 2 is 1.66 bits per heavy atom. The SMILES string of the molecule is Cn1c(=O)n(-c2ccc(C(C)(C)C#N)cc2)c2c3cc(-c4ccc(NC(=O)c5ccncc5)nc4)ccc3ncc21. The standard InChI is InChI=1S/C32H25N7O2/c1-32(2,19-33)23-6-8-24(9-7-23)39-29-25-16-21(4-10-26(25)35-18-27(29)38(3)31(39)41)22-5-11-28(36-17-22)37-30(40)20-12-14-34-15-13-20/h4-18H,1-3H3,(H,36,37,40). The number of rotatable bonds is 5. The molecule has 0 saturated heterocycles. The molecule has 0 bridgehead atoms. The van der Waals surface area contributed by atoms with Gasteiger partial charge < -0.3 is 5.32 Å². The zero-order valence-electron chi connectivity index (χ0n) is 22.7. The van der Waals surface area contributed by atoms with E-state index in [0.717, 1.165) is 33.1 Å². The van der Waals surface area contributed by atoms with Crippen molar-refractivity contribution in [3.63, 3.8) is 0 Å². The lowest BCUT2D eigenvalue weighted by molar-refractivity contribution is 0.102. The van der Waals surface area contributed by atoms with Crippen molar-refractivity contribution < 1.29 is 4.79 Å². The monoisotopic (exact) mass is 539 g/mol. The van der Waals surface area contributed by atoms with Crippen LogP contribution in [0.25, 0.3) is 38.8 Å². The number of amides is 1. The maximum Gasteiger partial charge on any atom is 0.333 e. The van der Waals surface area contributed by atoms with Gasteiger partial charge in [-0.3, -0.25) is 23.9 Å². The van der Waals surface area contributed by atoms with Gasteiger partial charge >= 0.3 is 5.69 Å². The van der Waals surface area contributed by atoms with Gasteiger partial charge in [0.05, 0.1) is 39.9 Å². The van der Waals surface area contributed by atoms with E-state index in [-0.39, 0.29) is 11.6 Å². The molecule has 0 atom stereocenters. The highest BCUT2D eigenvalue weighted by Crippen LogP contribution is 2.31. The molecule has 9 nitrogen and oxygen atoms in total. The van der Waals surface area contributed by atoms with E-state index in [4.69, 9.17) is 0 Å². The van der Waals surface area contributed by atoms with Crippen LogP contribution < -0.4 is 11.0 Å². The number of nitrogens with one attached hydrogen (secondary N) is 1. The highest BCUT2D eigenvalue weighted by molar-refractivity contribution is 6.05. The topological polar surface area (TPSA) is 118 Å². The van der Waals surface area contributed by atoms with Crippen molar-refractivity contribution in [3.8, 4) is 22.9 Å². The Kier molecular flexibility index (Phi) is 6.16. The highest BCUT2D eigenvalue weighted by Gasteiger charge is 2.21. The number of carbonyl (C=O) groups is 1. The van der Waals surface area contributed by atoms with Gasteiger partial charge in [-0.2, -0.15) is 5.26 Å². The first-order valence-electron chi connectivity index (χ1n) is 13.0. The molecule has 2 aromatic carbocycles. The number of hydrogen-bond donors (Lipinski definition) is 1. The summed E-state index contributed by atoms with van der Waals surface area (Å²) in [6.07, 6.45) is 6.54. The first-order valence-corrected chi connectivity index (χ1v) is 13.0. The second kappa shape index (κ2) is 9.84. The zero-order chi connectivity index (χ0) is 28.7. The first-order chi connectivity index (χ1) is 19.8. The van der Waals surface area contributed by atoms with E-state index < -0.39 is 5.41 Å². The van der Waals surface area contributed by atoms with Gasteiger partial charge in [-0.1, -0.05) is 18.2 Å².